The second-order valence-corrected chi connectivity index (χ2v) is 10.5. The number of likely N-dealkylation sites (tertiary alicyclic amines) is 2. The summed E-state index contributed by atoms with van der Waals surface area (Å²) in [6, 6.07) is 0. The fourth-order valence-corrected chi connectivity index (χ4v) is 4.13. The number of amides is 8. The van der Waals surface area contributed by atoms with Crippen LogP contribution in [0, 0.1) is 24.7 Å². The van der Waals surface area contributed by atoms with Crippen LogP contribution in [-0.4, -0.2) is 163 Å². The Hall–Kier alpha value is -1.57. The molecule has 4 rings (SSSR count). The summed E-state index contributed by atoms with van der Waals surface area (Å²) in [7, 11) is 1.18. The van der Waals surface area contributed by atoms with E-state index in [4.69, 9.17) is 39.2 Å². The van der Waals surface area contributed by atoms with Crippen LogP contribution < -0.4 is 0 Å². The molecule has 2 spiro atoms. The van der Waals surface area contributed by atoms with Gasteiger partial charge in [0.1, 0.15) is 0 Å². The molecule has 4 unspecified atom stereocenters. The Bertz CT molecular complexity index is 1140. The zero-order valence-corrected chi connectivity index (χ0v) is 41.1. The maximum atomic E-state index is 11.2. The third kappa shape index (κ3) is 19.6. The van der Waals surface area contributed by atoms with Gasteiger partial charge in [0.05, 0.1) is 50.1 Å². The minimum atomic E-state index is -2.05. The molecule has 4 saturated heterocycles. The molecule has 0 aromatic carbocycles. The molecule has 4 N–H and O–H groups in total. The van der Waals surface area contributed by atoms with E-state index in [1.54, 1.807) is 41.5 Å². The Morgan fingerprint density at radius 2 is 0.746 bits per heavy atom. The molecule has 4 fully saturated rings. The average Bonchev–Trinajstić information content (AvgIpc) is 3.14. The molecule has 22 nitrogen and oxygen atoms in total. The fourth-order valence-electron chi connectivity index (χ4n) is 4.13. The topological polar surface area (TPSA) is 308 Å². The van der Waals surface area contributed by atoms with Crippen LogP contribution in [0.4, 0.5) is 0 Å². The monoisotopic (exact) mass is 999 g/mol. The molecule has 4 aliphatic rings. The average molecular weight is 999 g/mol. The molecule has 0 aliphatic carbocycles. The van der Waals surface area contributed by atoms with Crippen molar-refractivity contribution in [3.63, 3.8) is 0 Å². The number of imide groups is 4. The van der Waals surface area contributed by atoms with Crippen molar-refractivity contribution in [2.45, 2.75) is 94.4 Å². The molecular formula is C34H58BN4O18Y2-4. The van der Waals surface area contributed by atoms with E-state index in [-0.39, 0.29) is 78.5 Å². The second-order valence-electron chi connectivity index (χ2n) is 10.5. The Morgan fingerprint density at radius 1 is 0.508 bits per heavy atom. The van der Waals surface area contributed by atoms with Gasteiger partial charge in [0.15, 0.2) is 25.2 Å². The first kappa shape index (κ1) is 66.5. The molecule has 8 amide bonds. The van der Waals surface area contributed by atoms with E-state index >= 15 is 0 Å². The first-order valence-corrected chi connectivity index (χ1v) is 17.8. The van der Waals surface area contributed by atoms with Gasteiger partial charge in [-0.15, -0.1) is 0 Å². The maximum absolute atomic E-state index is 11.2. The van der Waals surface area contributed by atoms with Gasteiger partial charge < -0.3 is 92.3 Å². The summed E-state index contributed by atoms with van der Waals surface area (Å²) >= 11 is 0. The number of rotatable bonds is 16. The second kappa shape index (κ2) is 36.0. The molecule has 4 heterocycles. The van der Waals surface area contributed by atoms with Gasteiger partial charge in [0.2, 0.25) is 10.8 Å². The van der Waals surface area contributed by atoms with Crippen LogP contribution in [0.25, 0.3) is 10.6 Å². The van der Waals surface area contributed by atoms with Crippen molar-refractivity contribution in [2.75, 3.05) is 52.7 Å². The summed E-state index contributed by atoms with van der Waals surface area (Å²) in [6.07, 6.45) is -2.77. The van der Waals surface area contributed by atoms with Crippen molar-refractivity contribution < 1.29 is 152 Å². The van der Waals surface area contributed by atoms with Crippen LogP contribution >= 0.6 is 0 Å². The number of β-lactam (4-membered cyclic amide) rings is 8. The molecule has 4 atom stereocenters. The molecule has 0 aromatic heterocycles. The summed E-state index contributed by atoms with van der Waals surface area (Å²) in [5, 5.41) is 39.9. The van der Waals surface area contributed by atoms with Crippen molar-refractivity contribution in [1.82, 2.24) is 9.80 Å². The smallest absolute Gasteiger partial charge is 0.488 e. The predicted octanol–water partition coefficient (Wildman–Crippen LogP) is -0.734. The summed E-state index contributed by atoms with van der Waals surface area (Å²) < 4.78 is 28.6. The van der Waals surface area contributed by atoms with Gasteiger partial charge >= 0.3 is 7.69 Å². The van der Waals surface area contributed by atoms with Gasteiger partial charge in [-0.2, -0.15) is 13.8 Å². The van der Waals surface area contributed by atoms with Gasteiger partial charge in [0.25, 0.3) is 23.6 Å². The number of aliphatic hydroxyl groups excluding tert-OH is 4. The van der Waals surface area contributed by atoms with Crippen molar-refractivity contribution in [3.05, 3.63) is 24.5 Å². The molecular weight excluding hydrogens is 941 g/mol. The number of nitrogens with zero attached hydrogens (tertiary/aromatic N) is 4. The van der Waals surface area contributed by atoms with Crippen molar-refractivity contribution in [2.24, 2.45) is 10.8 Å². The Kier molecular flexibility index (Phi) is 40.6. The molecule has 0 saturated carbocycles. The van der Waals surface area contributed by atoms with Gasteiger partial charge in [-0.25, -0.2) is 0 Å². The minimum Gasteiger partial charge on any atom is -0.592 e. The number of hydrogen-bond donors (Lipinski definition) is 4. The van der Waals surface area contributed by atoms with Crippen LogP contribution in [0.2, 0.25) is 0 Å². The van der Waals surface area contributed by atoms with Gasteiger partial charge in [0, 0.05) is 91.7 Å². The Labute approximate surface area is 396 Å². The number of ether oxygens (including phenoxy) is 4. The summed E-state index contributed by atoms with van der Waals surface area (Å²) in [6.45, 7) is 25.8. The van der Waals surface area contributed by atoms with E-state index in [1.807, 2.05) is 13.8 Å². The predicted molar refractivity (Wildman–Crippen MR) is 198 cm³/mol. The van der Waals surface area contributed by atoms with Gasteiger partial charge in [-0.05, 0) is 55.4 Å². The zero-order chi connectivity index (χ0) is 45.1. The summed E-state index contributed by atoms with van der Waals surface area (Å²) in [4.78, 5) is 90.1. The Morgan fingerprint density at radius 3 is 0.898 bits per heavy atom. The first-order chi connectivity index (χ1) is 26.8. The van der Waals surface area contributed by atoms with Crippen LogP contribution in [0.1, 0.15) is 69.2 Å². The van der Waals surface area contributed by atoms with Crippen LogP contribution in [0.15, 0.2) is 0 Å². The third-order valence-electron chi connectivity index (χ3n) is 6.66. The summed E-state index contributed by atoms with van der Waals surface area (Å²) in [5.74, 6) is -6.60. The zero-order valence-electron chi connectivity index (χ0n) is 35.4. The summed E-state index contributed by atoms with van der Waals surface area (Å²) in [5.41, 5.74) is -4.09. The van der Waals surface area contributed by atoms with E-state index in [9.17, 15) is 38.4 Å². The number of hydrogen-bond acceptors (Lipinski definition) is 18. The molecule has 3 radical (unpaired) electrons. The molecule has 0 bridgehead atoms. The number of carbonyl (C=O) groups is 8. The molecule has 4 aliphatic heterocycles. The van der Waals surface area contributed by atoms with E-state index < -0.39 is 83.2 Å². The molecule has 335 valence electrons. The van der Waals surface area contributed by atoms with Crippen LogP contribution in [-0.2, 0) is 132 Å². The van der Waals surface area contributed by atoms with E-state index in [0.717, 1.165) is 9.80 Å². The van der Waals surface area contributed by atoms with Crippen LogP contribution in [0.3, 0.4) is 0 Å². The SMILES string of the molecule is CC(O)OCCO[B]OCCOC(C)O.CCN1C(=O)C2(C(=O)[N-]C2=O)C1=O.CCN1C(=O)C2(C(=O)[N-]C2=O)C1=O.CCOC(C)O.CCOC(C)O.[CH2-]C.[CH2-]C.[Y].[Y]. The van der Waals surface area contributed by atoms with Crippen molar-refractivity contribution in [3.8, 4) is 0 Å². The number of carbonyl (C=O) groups excluding carboxylic acids is 8. The van der Waals surface area contributed by atoms with Crippen molar-refractivity contribution in [1.29, 1.82) is 0 Å². The van der Waals surface area contributed by atoms with Gasteiger partial charge in [-0.1, -0.05) is 0 Å². The molecule has 59 heavy (non-hydrogen) atoms. The maximum Gasteiger partial charge on any atom is 0.488 e. The standard InChI is InChI=1S/C8H18BO6.2C7H6N2O4.2C4H10O2.2C2H5.2Y/c1-7(10)12-3-5-14-9-15-6-4-13-8(2)11;2*1-2-9-5(12)7(6(9)13)3(10)8-4(7)11;2*1-3-6-4(2)5;2*1-2;;/h7-8,10-11H,3-6H2,1-2H3;2*2H2,1H3,(H,8,10,11);2*4-5H,3H2,1-2H3;2*1H2,2H3;;/q;;;;;2*-1;;/p-2. The third-order valence-corrected chi connectivity index (χ3v) is 6.66. The molecule has 25 heteroatoms. The first-order valence-electron chi connectivity index (χ1n) is 17.8. The number of aliphatic hydroxyl groups is 4. The Balaban J connectivity index is -0.000000207. The van der Waals surface area contributed by atoms with Gasteiger partial charge in [-0.3, -0.25) is 29.0 Å². The van der Waals surface area contributed by atoms with Crippen LogP contribution in [0.5, 0.6) is 0 Å². The van der Waals surface area contributed by atoms with E-state index in [0.29, 0.717) is 39.6 Å². The largest absolute Gasteiger partial charge is 0.592 e. The quantitative estimate of drug-likeness (QED) is 0.0370. The normalized spacial score (nSPS) is 17.6. The van der Waals surface area contributed by atoms with Crippen molar-refractivity contribution >= 4 is 54.9 Å². The molecule has 0 aromatic rings. The fraction of sp³-hybridized carbons (Fsp3) is 0.706. The minimum absolute atomic E-state index is 0. The van der Waals surface area contributed by atoms with E-state index in [2.05, 4.69) is 34.0 Å². The van der Waals surface area contributed by atoms with E-state index in [1.165, 1.54) is 21.5 Å².